The highest BCUT2D eigenvalue weighted by atomic mass is 16.4. The maximum absolute atomic E-state index is 13.2. The van der Waals surface area contributed by atoms with Gasteiger partial charge in [-0.1, -0.05) is 44.2 Å². The lowest BCUT2D eigenvalue weighted by Gasteiger charge is -2.55. The molecular weight excluding hydrogens is 460 g/mol. The van der Waals surface area contributed by atoms with Crippen LogP contribution in [0.2, 0.25) is 0 Å². The summed E-state index contributed by atoms with van der Waals surface area (Å²) in [6.45, 7) is 7.23. The third-order valence-electron chi connectivity index (χ3n) is 9.18. The molecule has 3 aliphatic rings. The summed E-state index contributed by atoms with van der Waals surface area (Å²) in [5.74, 6) is 0.457. The number of likely N-dealkylation sites (tertiary alicyclic amines) is 1. The van der Waals surface area contributed by atoms with E-state index in [0.29, 0.717) is 17.5 Å². The van der Waals surface area contributed by atoms with Gasteiger partial charge in [0.2, 0.25) is 0 Å². The normalized spacial score (nSPS) is 24.8. The number of anilines is 1. The number of aromatic carboxylic acids is 1. The molecule has 5 heteroatoms. The van der Waals surface area contributed by atoms with E-state index >= 15 is 0 Å². The van der Waals surface area contributed by atoms with Crippen molar-refractivity contribution in [2.24, 2.45) is 11.8 Å². The molecule has 0 spiro atoms. The van der Waals surface area contributed by atoms with Crippen LogP contribution in [0.1, 0.15) is 65.0 Å². The number of rotatable bonds is 6. The van der Waals surface area contributed by atoms with Crippen molar-refractivity contribution in [2.75, 3.05) is 18.4 Å². The molecule has 1 saturated heterocycles. The van der Waals surface area contributed by atoms with E-state index in [4.69, 9.17) is 5.11 Å². The summed E-state index contributed by atoms with van der Waals surface area (Å²) < 4.78 is 0. The molecule has 37 heavy (non-hydrogen) atoms. The highest BCUT2D eigenvalue weighted by Gasteiger charge is 2.49. The molecule has 1 heterocycles. The number of carboxylic acid groups (broad SMARTS) is 1. The van der Waals surface area contributed by atoms with Gasteiger partial charge in [0.25, 0.3) is 5.91 Å². The number of benzene rings is 3. The number of nitrogens with zero attached hydrogens (tertiary/aromatic N) is 1. The zero-order valence-corrected chi connectivity index (χ0v) is 21.5. The van der Waals surface area contributed by atoms with Gasteiger partial charge in [0.05, 0.1) is 5.56 Å². The first-order chi connectivity index (χ1) is 17.8. The second-order valence-electron chi connectivity index (χ2n) is 11.5. The first kappa shape index (κ1) is 23.9. The summed E-state index contributed by atoms with van der Waals surface area (Å²) in [4.78, 5) is 27.1. The Morgan fingerprint density at radius 3 is 2.27 bits per heavy atom. The Hall–Kier alpha value is -3.44. The minimum Gasteiger partial charge on any atom is -0.478 e. The zero-order chi connectivity index (χ0) is 25.7. The van der Waals surface area contributed by atoms with Crippen LogP contribution in [0.4, 0.5) is 5.69 Å². The van der Waals surface area contributed by atoms with Crippen molar-refractivity contribution in [1.29, 1.82) is 0 Å². The molecule has 1 aliphatic heterocycles. The number of fused-ring (bicyclic) bond motifs is 4. The molecule has 2 fully saturated rings. The van der Waals surface area contributed by atoms with Crippen molar-refractivity contribution < 1.29 is 14.7 Å². The lowest BCUT2D eigenvalue weighted by atomic mass is 9.59. The molecule has 3 aromatic carbocycles. The van der Waals surface area contributed by atoms with Crippen LogP contribution in [0.3, 0.4) is 0 Å². The maximum Gasteiger partial charge on any atom is 0.335 e. The average Bonchev–Trinajstić information content (AvgIpc) is 3.72. The molecule has 6 rings (SSSR count). The van der Waals surface area contributed by atoms with Crippen molar-refractivity contribution in [3.8, 4) is 11.1 Å². The second-order valence-corrected chi connectivity index (χ2v) is 11.5. The highest BCUT2D eigenvalue weighted by Crippen LogP contribution is 2.49. The second kappa shape index (κ2) is 9.14. The van der Waals surface area contributed by atoms with Gasteiger partial charge in [0, 0.05) is 23.8 Å². The van der Waals surface area contributed by atoms with Crippen LogP contribution in [0, 0.1) is 11.8 Å². The molecule has 2 bridgehead atoms. The monoisotopic (exact) mass is 494 g/mol. The van der Waals surface area contributed by atoms with E-state index < -0.39 is 5.97 Å². The Labute approximate surface area is 218 Å². The number of hydrogen-bond acceptors (Lipinski definition) is 3. The largest absolute Gasteiger partial charge is 0.478 e. The van der Waals surface area contributed by atoms with Gasteiger partial charge in [0.15, 0.2) is 0 Å². The van der Waals surface area contributed by atoms with Crippen molar-refractivity contribution in [3.63, 3.8) is 0 Å². The molecule has 0 aromatic heterocycles. The predicted octanol–water partition coefficient (Wildman–Crippen LogP) is 6.24. The van der Waals surface area contributed by atoms with Gasteiger partial charge < -0.3 is 10.4 Å². The third kappa shape index (κ3) is 4.46. The number of carbonyl (C=O) groups is 2. The topological polar surface area (TPSA) is 69.6 Å². The van der Waals surface area contributed by atoms with Crippen LogP contribution in [0.15, 0.2) is 66.7 Å². The van der Waals surface area contributed by atoms with Crippen molar-refractivity contribution in [1.82, 2.24) is 4.90 Å². The van der Waals surface area contributed by atoms with Gasteiger partial charge in [-0.2, -0.15) is 0 Å². The van der Waals surface area contributed by atoms with E-state index in [2.05, 4.69) is 36.2 Å². The van der Waals surface area contributed by atoms with E-state index in [1.807, 2.05) is 30.3 Å². The van der Waals surface area contributed by atoms with Crippen LogP contribution in [0.25, 0.3) is 11.1 Å². The van der Waals surface area contributed by atoms with Crippen molar-refractivity contribution in [2.45, 2.75) is 51.0 Å². The number of carboxylic acids is 1. The average molecular weight is 495 g/mol. The summed E-state index contributed by atoms with van der Waals surface area (Å²) >= 11 is 0. The Morgan fingerprint density at radius 1 is 0.973 bits per heavy atom. The van der Waals surface area contributed by atoms with E-state index in [-0.39, 0.29) is 16.9 Å². The highest BCUT2D eigenvalue weighted by molar-refractivity contribution is 6.04. The number of amides is 1. The Morgan fingerprint density at radius 2 is 1.62 bits per heavy atom. The molecule has 1 saturated carbocycles. The van der Waals surface area contributed by atoms with E-state index in [9.17, 15) is 9.59 Å². The molecular formula is C32H34N2O3. The Balaban J connectivity index is 1.18. The van der Waals surface area contributed by atoms with Crippen molar-refractivity contribution >= 4 is 17.6 Å². The smallest absolute Gasteiger partial charge is 0.335 e. The van der Waals surface area contributed by atoms with Crippen LogP contribution >= 0.6 is 0 Å². The van der Waals surface area contributed by atoms with Gasteiger partial charge in [0.1, 0.15) is 0 Å². The van der Waals surface area contributed by atoms with Crippen LogP contribution in [-0.2, 0) is 11.8 Å². The lowest BCUT2D eigenvalue weighted by Crippen LogP contribution is -2.58. The number of nitrogens with one attached hydrogen (secondary N) is 1. The van der Waals surface area contributed by atoms with E-state index in [1.54, 1.807) is 24.3 Å². The summed E-state index contributed by atoms with van der Waals surface area (Å²) in [5, 5.41) is 12.2. The van der Waals surface area contributed by atoms with Crippen LogP contribution in [-0.4, -0.2) is 41.0 Å². The fourth-order valence-corrected chi connectivity index (χ4v) is 6.46. The van der Waals surface area contributed by atoms with Crippen LogP contribution in [0.5, 0.6) is 0 Å². The quantitative estimate of drug-likeness (QED) is 0.426. The minimum atomic E-state index is -0.936. The molecule has 1 unspecified atom stereocenters. The fraction of sp³-hybridized carbons (Fsp3) is 0.375. The summed E-state index contributed by atoms with van der Waals surface area (Å²) in [6.07, 6.45) is 5.01. The lowest BCUT2D eigenvalue weighted by molar-refractivity contribution is 0.0284. The van der Waals surface area contributed by atoms with Gasteiger partial charge in [-0.25, -0.2) is 4.79 Å². The molecule has 3 atom stereocenters. The van der Waals surface area contributed by atoms with Gasteiger partial charge in [-0.15, -0.1) is 0 Å². The molecule has 190 valence electrons. The van der Waals surface area contributed by atoms with Crippen molar-refractivity contribution in [3.05, 3.63) is 89.0 Å². The first-order valence-electron chi connectivity index (χ1n) is 13.4. The summed E-state index contributed by atoms with van der Waals surface area (Å²) in [5.41, 5.74) is 6.47. The molecule has 3 aromatic rings. The number of hydrogen-bond donors (Lipinski definition) is 2. The maximum atomic E-state index is 13.2. The third-order valence-corrected chi connectivity index (χ3v) is 9.18. The van der Waals surface area contributed by atoms with Crippen LogP contribution < -0.4 is 5.32 Å². The summed E-state index contributed by atoms with van der Waals surface area (Å²) in [7, 11) is 0. The molecule has 5 nitrogen and oxygen atoms in total. The van der Waals surface area contributed by atoms with Gasteiger partial charge in [-0.3, -0.25) is 9.69 Å². The van der Waals surface area contributed by atoms with E-state index in [1.165, 1.54) is 30.5 Å². The SMILES string of the molecule is C[C@H]1C2Cc3ccc(C(=O)Nc4ccc(-c5ccc(C(=O)O)cc5)cc4)cc3[C@@]1(C)CCN2CC1CC1. The van der Waals surface area contributed by atoms with Gasteiger partial charge >= 0.3 is 5.97 Å². The first-order valence-corrected chi connectivity index (χ1v) is 13.4. The Kier molecular flexibility index (Phi) is 5.91. The zero-order valence-electron chi connectivity index (χ0n) is 21.5. The molecule has 0 radical (unpaired) electrons. The molecule has 1 amide bonds. The molecule has 2 N–H and O–H groups in total. The number of piperidine rings is 1. The van der Waals surface area contributed by atoms with E-state index in [0.717, 1.165) is 42.1 Å². The van der Waals surface area contributed by atoms with Gasteiger partial charge in [-0.05, 0) is 108 Å². The minimum absolute atomic E-state index is 0.0918. The fourth-order valence-electron chi connectivity index (χ4n) is 6.46. The predicted molar refractivity (Wildman–Crippen MR) is 146 cm³/mol. The summed E-state index contributed by atoms with van der Waals surface area (Å²) in [6, 6.07) is 21.4. The Bertz CT molecular complexity index is 1340. The number of carbonyl (C=O) groups excluding carboxylic acids is 1. The molecule has 2 aliphatic carbocycles. The standard InChI is InChI=1S/C32H34N2O3/c1-20-29-18-25-9-10-26(17-28(25)32(20,2)15-16-34(29)19-21-3-4-21)30(35)33-27-13-11-23(12-14-27)22-5-7-24(8-6-22)31(36)37/h5-14,17,20-21,29H,3-4,15-16,18-19H2,1-2H3,(H,33,35)(H,36,37)/t20-,29?,32-/m0/s1.